The summed E-state index contributed by atoms with van der Waals surface area (Å²) in [5.41, 5.74) is 0.440. The Balaban J connectivity index is 1.65. The van der Waals surface area contributed by atoms with Crippen LogP contribution in [0.3, 0.4) is 0 Å². The summed E-state index contributed by atoms with van der Waals surface area (Å²) in [4.78, 5) is 23.9. The van der Waals surface area contributed by atoms with Gasteiger partial charge in [-0.1, -0.05) is 18.2 Å². The highest BCUT2D eigenvalue weighted by atomic mass is 32.2. The quantitative estimate of drug-likeness (QED) is 0.219. The Hall–Kier alpha value is -4.32. The molecule has 0 spiro atoms. The van der Waals surface area contributed by atoms with E-state index in [1.807, 2.05) is 0 Å². The number of nitrogens with one attached hydrogen (secondary N) is 3. The third-order valence-corrected chi connectivity index (χ3v) is 6.90. The van der Waals surface area contributed by atoms with Crippen molar-refractivity contribution in [3.05, 3.63) is 89.2 Å². The molecule has 0 amide bonds. The molecule has 2 aromatic carbocycles. The first-order chi connectivity index (χ1) is 17.5. The first kappa shape index (κ1) is 25.8. The molecule has 12 heteroatoms. The minimum Gasteiger partial charge on any atom is -0.345 e. The van der Waals surface area contributed by atoms with E-state index in [0.717, 1.165) is 18.2 Å². The molecular formula is C25H20F3N5O3S. The lowest BCUT2D eigenvalue weighted by atomic mass is 9.99. The molecule has 1 atom stereocenters. The summed E-state index contributed by atoms with van der Waals surface area (Å²) in [6.07, 6.45) is 1.13. The Kier molecular flexibility index (Phi) is 6.94. The number of H-pyrrole nitrogens is 1. The van der Waals surface area contributed by atoms with E-state index in [4.69, 9.17) is 5.41 Å². The highest BCUT2D eigenvalue weighted by molar-refractivity contribution is 7.92. The summed E-state index contributed by atoms with van der Waals surface area (Å²) in [6, 6.07) is 10.7. The fourth-order valence-corrected chi connectivity index (χ4v) is 4.80. The molecular weight excluding hydrogens is 507 g/mol. The number of pyridine rings is 1. The summed E-state index contributed by atoms with van der Waals surface area (Å²) >= 11 is 0. The average Bonchev–Trinajstić information content (AvgIpc) is 3.29. The summed E-state index contributed by atoms with van der Waals surface area (Å²) < 4.78 is 66.8. The van der Waals surface area contributed by atoms with E-state index < -0.39 is 38.4 Å². The third-order valence-electron chi connectivity index (χ3n) is 5.52. The second-order valence-corrected chi connectivity index (χ2v) is 9.69. The summed E-state index contributed by atoms with van der Waals surface area (Å²) in [6.45, 7) is 0. The number of ketones is 1. The normalized spacial score (nSPS) is 13.1. The molecule has 8 nitrogen and oxygen atoms in total. The van der Waals surface area contributed by atoms with Gasteiger partial charge in [-0.05, 0) is 42.0 Å². The summed E-state index contributed by atoms with van der Waals surface area (Å²) in [7, 11) is -2.78. The van der Waals surface area contributed by atoms with E-state index in [0.29, 0.717) is 22.7 Å². The fraction of sp³-hybridized carbons (Fsp3) is 0.120. The molecule has 0 radical (unpaired) electrons. The Labute approximate surface area is 209 Å². The SMILES string of the molecule is CN=CC(C=N)c1cnc2[nH]cc(C(=O)c3cccc(NS(=O)(=O)c4cccc(C(F)(F)F)c4)c3)c2c1. The zero-order chi connectivity index (χ0) is 26.8. The van der Waals surface area contributed by atoms with E-state index in [-0.39, 0.29) is 16.8 Å². The van der Waals surface area contributed by atoms with Crippen LogP contribution in [0.5, 0.6) is 0 Å². The molecule has 2 aromatic heterocycles. The van der Waals surface area contributed by atoms with Crippen LogP contribution in [0.25, 0.3) is 11.0 Å². The Morgan fingerprint density at radius 3 is 2.62 bits per heavy atom. The van der Waals surface area contributed by atoms with Gasteiger partial charge in [0, 0.05) is 54.1 Å². The van der Waals surface area contributed by atoms with Gasteiger partial charge >= 0.3 is 6.18 Å². The smallest absolute Gasteiger partial charge is 0.345 e. The number of anilines is 1. The number of carbonyl (C=O) groups is 1. The van der Waals surface area contributed by atoms with Gasteiger partial charge in [-0.15, -0.1) is 0 Å². The molecule has 0 aliphatic carbocycles. The third kappa shape index (κ3) is 5.43. The van der Waals surface area contributed by atoms with Crippen LogP contribution < -0.4 is 4.72 Å². The van der Waals surface area contributed by atoms with Crippen LogP contribution in [-0.2, 0) is 16.2 Å². The monoisotopic (exact) mass is 527 g/mol. The van der Waals surface area contributed by atoms with Crippen molar-refractivity contribution in [2.45, 2.75) is 17.0 Å². The number of rotatable bonds is 8. The maximum Gasteiger partial charge on any atom is 0.416 e. The molecule has 0 saturated carbocycles. The minimum absolute atomic E-state index is 0.00458. The lowest BCUT2D eigenvalue weighted by Gasteiger charge is -2.12. The first-order valence-corrected chi connectivity index (χ1v) is 12.3. The number of aromatic nitrogens is 2. The topological polar surface area (TPSA) is 128 Å². The van der Waals surface area contributed by atoms with Gasteiger partial charge in [-0.3, -0.25) is 14.5 Å². The van der Waals surface area contributed by atoms with Crippen LogP contribution >= 0.6 is 0 Å². The van der Waals surface area contributed by atoms with Gasteiger partial charge < -0.3 is 10.4 Å². The number of hydrogen-bond donors (Lipinski definition) is 3. The van der Waals surface area contributed by atoms with E-state index in [1.165, 1.54) is 36.7 Å². The van der Waals surface area contributed by atoms with Gasteiger partial charge in [0.05, 0.1) is 16.4 Å². The Morgan fingerprint density at radius 1 is 1.16 bits per heavy atom. The van der Waals surface area contributed by atoms with E-state index >= 15 is 0 Å². The molecule has 0 aliphatic heterocycles. The van der Waals surface area contributed by atoms with Crippen molar-refractivity contribution in [2.75, 3.05) is 11.8 Å². The molecule has 37 heavy (non-hydrogen) atoms. The molecule has 0 bridgehead atoms. The standard InChI is InChI=1S/C25H20F3N5O3S/c1-30-12-17(11-29)16-9-21-22(14-32-24(21)31-13-16)23(34)15-4-2-6-19(8-15)33-37(35,36)20-7-3-5-18(10-20)25(26,27)28/h2-14,17,29,33H,1H3,(H,31,32). The second-order valence-electron chi connectivity index (χ2n) is 8.01. The molecule has 2 heterocycles. The molecule has 4 aromatic rings. The van der Waals surface area contributed by atoms with Crippen LogP contribution in [0.1, 0.15) is 33.0 Å². The number of halogens is 3. The van der Waals surface area contributed by atoms with Crippen LogP contribution in [0.2, 0.25) is 0 Å². The van der Waals surface area contributed by atoms with Crippen molar-refractivity contribution >= 4 is 45.0 Å². The van der Waals surface area contributed by atoms with Gasteiger partial charge in [0.15, 0.2) is 5.78 Å². The van der Waals surface area contributed by atoms with Crippen LogP contribution in [-0.4, -0.2) is 43.6 Å². The molecule has 0 fully saturated rings. The van der Waals surface area contributed by atoms with Crippen molar-refractivity contribution < 1.29 is 26.4 Å². The van der Waals surface area contributed by atoms with Gasteiger partial charge in [0.1, 0.15) is 5.65 Å². The number of nitrogens with zero attached hydrogens (tertiary/aromatic N) is 2. The zero-order valence-corrected chi connectivity index (χ0v) is 20.1. The predicted octanol–water partition coefficient (Wildman–Crippen LogP) is 5.05. The number of aliphatic imine (C=N–C) groups is 1. The summed E-state index contributed by atoms with van der Waals surface area (Å²) in [5, 5.41) is 8.12. The van der Waals surface area contributed by atoms with Gasteiger partial charge in [-0.25, -0.2) is 13.4 Å². The highest BCUT2D eigenvalue weighted by Crippen LogP contribution is 2.31. The van der Waals surface area contributed by atoms with Gasteiger partial charge in [0.25, 0.3) is 10.0 Å². The second kappa shape index (κ2) is 9.97. The molecule has 1 unspecified atom stereocenters. The number of alkyl halides is 3. The van der Waals surface area contributed by atoms with Crippen LogP contribution in [0, 0.1) is 5.41 Å². The van der Waals surface area contributed by atoms with Crippen LogP contribution in [0.15, 0.2) is 76.9 Å². The van der Waals surface area contributed by atoms with E-state index in [1.54, 1.807) is 25.5 Å². The minimum atomic E-state index is -4.70. The predicted molar refractivity (Wildman–Crippen MR) is 134 cm³/mol. The van der Waals surface area contributed by atoms with Crippen molar-refractivity contribution in [1.82, 2.24) is 9.97 Å². The fourth-order valence-electron chi connectivity index (χ4n) is 3.71. The molecule has 0 aliphatic rings. The average molecular weight is 528 g/mol. The number of sulfonamides is 1. The number of carbonyl (C=O) groups excluding carboxylic acids is 1. The van der Waals surface area contributed by atoms with E-state index in [2.05, 4.69) is 19.7 Å². The van der Waals surface area contributed by atoms with E-state index in [9.17, 15) is 26.4 Å². The number of fused-ring (bicyclic) bond motifs is 1. The van der Waals surface area contributed by atoms with Crippen LogP contribution in [0.4, 0.5) is 18.9 Å². The molecule has 3 N–H and O–H groups in total. The number of aromatic amines is 1. The molecule has 0 saturated heterocycles. The lowest BCUT2D eigenvalue weighted by molar-refractivity contribution is -0.137. The maximum atomic E-state index is 13.3. The lowest BCUT2D eigenvalue weighted by Crippen LogP contribution is -2.15. The first-order valence-electron chi connectivity index (χ1n) is 10.8. The van der Waals surface area contributed by atoms with Crippen molar-refractivity contribution in [2.24, 2.45) is 4.99 Å². The molecule has 4 rings (SSSR count). The number of hydrogen-bond acceptors (Lipinski definition) is 6. The molecule has 190 valence electrons. The Morgan fingerprint density at radius 2 is 1.92 bits per heavy atom. The maximum absolute atomic E-state index is 13.3. The van der Waals surface area contributed by atoms with Crippen molar-refractivity contribution in [3.8, 4) is 0 Å². The zero-order valence-electron chi connectivity index (χ0n) is 19.2. The highest BCUT2D eigenvalue weighted by Gasteiger charge is 2.31. The summed E-state index contributed by atoms with van der Waals surface area (Å²) in [5.74, 6) is -0.853. The van der Waals surface area contributed by atoms with Gasteiger partial charge in [0.2, 0.25) is 0 Å². The van der Waals surface area contributed by atoms with Gasteiger partial charge in [-0.2, -0.15) is 13.2 Å². The Bertz CT molecular complexity index is 1630. The number of benzene rings is 2. The van der Waals surface area contributed by atoms with Crippen molar-refractivity contribution in [3.63, 3.8) is 0 Å². The van der Waals surface area contributed by atoms with Crippen molar-refractivity contribution in [1.29, 1.82) is 5.41 Å². The largest absolute Gasteiger partial charge is 0.416 e.